The van der Waals surface area contributed by atoms with Crippen LogP contribution in [-0.2, 0) is 5.41 Å². The molecule has 2 heterocycles. The molecule has 49 heavy (non-hydrogen) atoms. The maximum atomic E-state index is 4.87. The van der Waals surface area contributed by atoms with Crippen molar-refractivity contribution in [2.24, 2.45) is 0 Å². The molecule has 7 aromatic carbocycles. The van der Waals surface area contributed by atoms with Crippen LogP contribution in [0.15, 0.2) is 158 Å². The summed E-state index contributed by atoms with van der Waals surface area (Å²) in [6, 6.07) is 57.7. The van der Waals surface area contributed by atoms with E-state index in [4.69, 9.17) is 4.98 Å². The van der Waals surface area contributed by atoms with E-state index < -0.39 is 0 Å². The van der Waals surface area contributed by atoms with Gasteiger partial charge >= 0.3 is 0 Å². The van der Waals surface area contributed by atoms with E-state index >= 15 is 0 Å². The van der Waals surface area contributed by atoms with Crippen LogP contribution in [0.5, 0.6) is 0 Å². The minimum absolute atomic E-state index is 0.00500. The Bertz CT molecular complexity index is 2700. The standard InChI is InChI=1S/C46H32N2S/c1-46(2)39-13-7-6-12-35(39)37-26-31(21-24-40(37)46)32-22-25-42-38(27-32)36-23-20-33(28-43(36)48(42)34-10-4-3-5-11-34)29-16-18-30(19-17-29)45-47-41-14-8-9-15-44(41)49-45/h3-28H,1-2H3. The van der Waals surface area contributed by atoms with Gasteiger partial charge in [-0.15, -0.1) is 11.3 Å². The number of aromatic nitrogens is 2. The molecule has 3 heteroatoms. The molecule has 9 aromatic rings. The Morgan fingerprint density at radius 1 is 0.490 bits per heavy atom. The van der Waals surface area contributed by atoms with Gasteiger partial charge in [0.25, 0.3) is 0 Å². The third-order valence-electron chi connectivity index (χ3n) is 10.5. The summed E-state index contributed by atoms with van der Waals surface area (Å²) in [6.45, 7) is 4.68. The summed E-state index contributed by atoms with van der Waals surface area (Å²) in [6.07, 6.45) is 0. The zero-order chi connectivity index (χ0) is 32.7. The number of fused-ring (bicyclic) bond motifs is 7. The predicted octanol–water partition coefficient (Wildman–Crippen LogP) is 12.7. The molecule has 0 fully saturated rings. The molecule has 0 saturated heterocycles. The Kier molecular flexibility index (Phi) is 6.12. The number of benzene rings is 7. The van der Waals surface area contributed by atoms with Crippen LogP contribution in [0.3, 0.4) is 0 Å². The lowest BCUT2D eigenvalue weighted by Gasteiger charge is -2.21. The van der Waals surface area contributed by atoms with Crippen LogP contribution in [0.4, 0.5) is 0 Å². The first-order valence-electron chi connectivity index (χ1n) is 16.9. The number of nitrogens with zero attached hydrogens (tertiary/aromatic N) is 2. The van der Waals surface area contributed by atoms with Crippen molar-refractivity contribution in [3.05, 3.63) is 169 Å². The molecular formula is C46H32N2S. The van der Waals surface area contributed by atoms with Gasteiger partial charge in [-0.05, 0) is 93.0 Å². The van der Waals surface area contributed by atoms with Gasteiger partial charge in [0.1, 0.15) is 5.01 Å². The highest BCUT2D eigenvalue weighted by molar-refractivity contribution is 7.21. The molecule has 0 aliphatic heterocycles. The SMILES string of the molecule is CC1(C)c2ccccc2-c2cc(-c3ccc4c(c3)c3ccc(-c5ccc(-c6nc7ccccc7s6)cc5)cc3n4-c3ccccc3)ccc21. The molecule has 2 aromatic heterocycles. The molecule has 1 aliphatic rings. The lowest BCUT2D eigenvalue weighted by Crippen LogP contribution is -2.14. The molecule has 0 N–H and O–H groups in total. The molecule has 2 nitrogen and oxygen atoms in total. The Morgan fingerprint density at radius 2 is 1.14 bits per heavy atom. The summed E-state index contributed by atoms with van der Waals surface area (Å²) >= 11 is 1.74. The first-order chi connectivity index (χ1) is 24.0. The van der Waals surface area contributed by atoms with Crippen molar-refractivity contribution in [2.45, 2.75) is 19.3 Å². The summed E-state index contributed by atoms with van der Waals surface area (Å²) in [5.74, 6) is 0. The van der Waals surface area contributed by atoms with Gasteiger partial charge in [-0.25, -0.2) is 4.98 Å². The Hall–Kier alpha value is -5.77. The number of para-hydroxylation sites is 2. The molecule has 232 valence electrons. The second-order valence-electron chi connectivity index (χ2n) is 13.6. The highest BCUT2D eigenvalue weighted by atomic mass is 32.1. The third kappa shape index (κ3) is 4.36. The van der Waals surface area contributed by atoms with E-state index in [1.807, 2.05) is 6.07 Å². The van der Waals surface area contributed by atoms with E-state index in [0.717, 1.165) is 21.8 Å². The molecular weight excluding hydrogens is 613 g/mol. The van der Waals surface area contributed by atoms with Crippen molar-refractivity contribution in [3.63, 3.8) is 0 Å². The quantitative estimate of drug-likeness (QED) is 0.186. The lowest BCUT2D eigenvalue weighted by molar-refractivity contribution is 0.660. The summed E-state index contributed by atoms with van der Waals surface area (Å²) in [4.78, 5) is 4.87. The summed E-state index contributed by atoms with van der Waals surface area (Å²) in [7, 11) is 0. The van der Waals surface area contributed by atoms with Gasteiger partial charge in [0.05, 0.1) is 21.3 Å². The second-order valence-corrected chi connectivity index (χ2v) is 14.7. The monoisotopic (exact) mass is 644 g/mol. The summed E-state index contributed by atoms with van der Waals surface area (Å²) in [5, 5.41) is 3.57. The van der Waals surface area contributed by atoms with Crippen molar-refractivity contribution in [2.75, 3.05) is 0 Å². The molecule has 0 amide bonds. The maximum absolute atomic E-state index is 4.87. The average Bonchev–Trinajstić information content (AvgIpc) is 3.80. The van der Waals surface area contributed by atoms with Crippen LogP contribution in [0, 0.1) is 0 Å². The highest BCUT2D eigenvalue weighted by Crippen LogP contribution is 2.49. The zero-order valence-corrected chi connectivity index (χ0v) is 28.1. The van der Waals surface area contributed by atoms with Gasteiger partial charge in [-0.3, -0.25) is 0 Å². The number of rotatable bonds is 4. The molecule has 0 radical (unpaired) electrons. The predicted molar refractivity (Wildman–Crippen MR) is 208 cm³/mol. The molecule has 1 aliphatic carbocycles. The average molecular weight is 645 g/mol. The van der Waals surface area contributed by atoms with Crippen molar-refractivity contribution >= 4 is 43.4 Å². The number of hydrogen-bond donors (Lipinski definition) is 0. The Balaban J connectivity index is 1.09. The fourth-order valence-electron chi connectivity index (χ4n) is 7.94. The Morgan fingerprint density at radius 3 is 2.00 bits per heavy atom. The first kappa shape index (κ1) is 28.3. The molecule has 10 rings (SSSR count). The highest BCUT2D eigenvalue weighted by Gasteiger charge is 2.35. The number of thiazole rings is 1. The van der Waals surface area contributed by atoms with Crippen LogP contribution in [0.25, 0.3) is 81.7 Å². The van der Waals surface area contributed by atoms with Crippen LogP contribution in [-0.4, -0.2) is 9.55 Å². The fourth-order valence-corrected chi connectivity index (χ4v) is 8.91. The van der Waals surface area contributed by atoms with E-state index in [2.05, 4.69) is 170 Å². The van der Waals surface area contributed by atoms with Crippen LogP contribution >= 0.6 is 11.3 Å². The summed E-state index contributed by atoms with van der Waals surface area (Å²) in [5.41, 5.74) is 16.2. The van der Waals surface area contributed by atoms with E-state index in [1.54, 1.807) is 11.3 Å². The minimum atomic E-state index is 0.00500. The van der Waals surface area contributed by atoms with E-state index in [9.17, 15) is 0 Å². The van der Waals surface area contributed by atoms with Crippen molar-refractivity contribution in [1.82, 2.24) is 9.55 Å². The molecule has 0 bridgehead atoms. The maximum Gasteiger partial charge on any atom is 0.124 e. The zero-order valence-electron chi connectivity index (χ0n) is 27.3. The molecule has 0 unspecified atom stereocenters. The normalized spacial score (nSPS) is 13.3. The smallest absolute Gasteiger partial charge is 0.124 e. The first-order valence-corrected chi connectivity index (χ1v) is 17.7. The van der Waals surface area contributed by atoms with Gasteiger partial charge in [-0.2, -0.15) is 0 Å². The fraction of sp³-hybridized carbons (Fsp3) is 0.0652. The van der Waals surface area contributed by atoms with Gasteiger partial charge < -0.3 is 4.57 Å². The number of hydrogen-bond acceptors (Lipinski definition) is 2. The lowest BCUT2D eigenvalue weighted by atomic mass is 9.82. The minimum Gasteiger partial charge on any atom is -0.309 e. The van der Waals surface area contributed by atoms with E-state index in [0.29, 0.717) is 0 Å². The van der Waals surface area contributed by atoms with Gasteiger partial charge in [0.15, 0.2) is 0 Å². The van der Waals surface area contributed by atoms with Gasteiger partial charge in [0.2, 0.25) is 0 Å². The largest absolute Gasteiger partial charge is 0.309 e. The summed E-state index contributed by atoms with van der Waals surface area (Å²) < 4.78 is 3.63. The van der Waals surface area contributed by atoms with E-state index in [1.165, 1.54) is 71.0 Å². The third-order valence-corrected chi connectivity index (χ3v) is 11.5. The van der Waals surface area contributed by atoms with Crippen LogP contribution in [0.1, 0.15) is 25.0 Å². The molecule has 0 saturated carbocycles. The van der Waals surface area contributed by atoms with E-state index in [-0.39, 0.29) is 5.41 Å². The van der Waals surface area contributed by atoms with Crippen molar-refractivity contribution < 1.29 is 0 Å². The molecule has 0 spiro atoms. The molecule has 0 atom stereocenters. The van der Waals surface area contributed by atoms with Crippen molar-refractivity contribution in [1.29, 1.82) is 0 Å². The topological polar surface area (TPSA) is 17.8 Å². The van der Waals surface area contributed by atoms with Crippen LogP contribution < -0.4 is 0 Å². The van der Waals surface area contributed by atoms with Gasteiger partial charge in [-0.1, -0.05) is 123 Å². The second kappa shape index (κ2) is 10.6. The van der Waals surface area contributed by atoms with Crippen LogP contribution in [0.2, 0.25) is 0 Å². The van der Waals surface area contributed by atoms with Crippen molar-refractivity contribution in [3.8, 4) is 49.6 Å². The Labute approximate surface area is 289 Å². The van der Waals surface area contributed by atoms with Gasteiger partial charge in [0, 0.05) is 27.4 Å².